The van der Waals surface area contributed by atoms with E-state index in [0.717, 1.165) is 5.75 Å². The second-order valence-electron chi connectivity index (χ2n) is 2.70. The number of amides is 1. The van der Waals surface area contributed by atoms with Crippen molar-refractivity contribution in [3.8, 4) is 0 Å². The third-order valence-corrected chi connectivity index (χ3v) is 2.18. The number of nitrogens with one attached hydrogen (secondary N) is 1. The average Bonchev–Trinajstić information content (AvgIpc) is 2.09. The van der Waals surface area contributed by atoms with Crippen LogP contribution in [-0.2, 0) is 9.53 Å². The molecule has 0 spiro atoms. The number of carbonyl (C=O) groups is 1. The molecule has 0 fully saturated rings. The third-order valence-electron chi connectivity index (χ3n) is 1.26. The van der Waals surface area contributed by atoms with Crippen molar-refractivity contribution in [3.63, 3.8) is 0 Å². The molecule has 0 heterocycles. The van der Waals surface area contributed by atoms with Crippen LogP contribution in [-0.4, -0.2) is 48.9 Å². The van der Waals surface area contributed by atoms with Crippen LogP contribution >= 0.6 is 11.8 Å². The van der Waals surface area contributed by atoms with Crippen LogP contribution < -0.4 is 5.32 Å². The SMILES string of the molecule is COCCSCC(=O)NC[C@H](C)O. The highest BCUT2D eigenvalue weighted by Crippen LogP contribution is 1.97. The molecule has 0 unspecified atom stereocenters. The molecule has 13 heavy (non-hydrogen) atoms. The van der Waals surface area contributed by atoms with Crippen LogP contribution in [0, 0.1) is 0 Å². The van der Waals surface area contributed by atoms with Gasteiger partial charge in [-0.1, -0.05) is 0 Å². The van der Waals surface area contributed by atoms with E-state index >= 15 is 0 Å². The zero-order valence-corrected chi connectivity index (χ0v) is 8.89. The Kier molecular flexibility index (Phi) is 8.18. The van der Waals surface area contributed by atoms with Gasteiger partial charge in [-0.2, -0.15) is 0 Å². The first-order valence-electron chi connectivity index (χ1n) is 4.18. The summed E-state index contributed by atoms with van der Waals surface area (Å²) < 4.78 is 4.83. The monoisotopic (exact) mass is 207 g/mol. The number of aliphatic hydroxyl groups is 1. The molecule has 0 aliphatic rings. The molecule has 5 heteroatoms. The number of aliphatic hydroxyl groups excluding tert-OH is 1. The molecule has 0 aliphatic heterocycles. The summed E-state index contributed by atoms with van der Waals surface area (Å²) in [6.45, 7) is 2.62. The average molecular weight is 207 g/mol. The molecule has 0 bridgehead atoms. The molecular weight excluding hydrogens is 190 g/mol. The molecule has 0 aromatic heterocycles. The lowest BCUT2D eigenvalue weighted by molar-refractivity contribution is -0.118. The summed E-state index contributed by atoms with van der Waals surface area (Å²) in [4.78, 5) is 11.0. The highest BCUT2D eigenvalue weighted by Gasteiger charge is 2.02. The van der Waals surface area contributed by atoms with Gasteiger partial charge < -0.3 is 15.2 Å². The van der Waals surface area contributed by atoms with Crippen molar-refractivity contribution in [2.45, 2.75) is 13.0 Å². The Bertz CT molecular complexity index is 141. The lowest BCUT2D eigenvalue weighted by atomic mass is 10.4. The normalized spacial score (nSPS) is 12.5. The molecule has 0 rings (SSSR count). The summed E-state index contributed by atoms with van der Waals surface area (Å²) in [5.74, 6) is 1.20. The Morgan fingerprint density at radius 2 is 2.38 bits per heavy atom. The fourth-order valence-corrected chi connectivity index (χ4v) is 1.34. The van der Waals surface area contributed by atoms with Crippen molar-refractivity contribution >= 4 is 17.7 Å². The van der Waals surface area contributed by atoms with E-state index in [1.165, 1.54) is 11.8 Å². The standard InChI is InChI=1S/C8H17NO3S/c1-7(10)5-9-8(11)6-13-4-3-12-2/h7,10H,3-6H2,1-2H3,(H,9,11)/t7-/m0/s1. The van der Waals surface area contributed by atoms with E-state index in [2.05, 4.69) is 5.32 Å². The van der Waals surface area contributed by atoms with Gasteiger partial charge >= 0.3 is 0 Å². The van der Waals surface area contributed by atoms with Crippen LogP contribution in [0.4, 0.5) is 0 Å². The molecule has 2 N–H and O–H groups in total. The minimum atomic E-state index is -0.479. The predicted octanol–water partition coefficient (Wildman–Crippen LogP) is -0.137. The number of hydrogen-bond donors (Lipinski definition) is 2. The van der Waals surface area contributed by atoms with Gasteiger partial charge in [0.2, 0.25) is 5.91 Å². The fourth-order valence-electron chi connectivity index (χ4n) is 0.620. The Labute approximate surface area is 83.0 Å². The second kappa shape index (κ2) is 8.34. The summed E-state index contributed by atoms with van der Waals surface area (Å²) in [6.07, 6.45) is -0.479. The molecular formula is C8H17NO3S. The number of ether oxygens (including phenoxy) is 1. The Morgan fingerprint density at radius 1 is 1.69 bits per heavy atom. The number of thioether (sulfide) groups is 1. The summed E-state index contributed by atoms with van der Waals surface area (Å²) in [7, 11) is 1.63. The van der Waals surface area contributed by atoms with Crippen LogP contribution in [0.2, 0.25) is 0 Å². The number of rotatable bonds is 7. The highest BCUT2D eigenvalue weighted by atomic mass is 32.2. The van der Waals surface area contributed by atoms with E-state index in [4.69, 9.17) is 9.84 Å². The predicted molar refractivity (Wildman–Crippen MR) is 53.9 cm³/mol. The van der Waals surface area contributed by atoms with Gasteiger partial charge in [0.1, 0.15) is 0 Å². The maximum atomic E-state index is 11.0. The maximum Gasteiger partial charge on any atom is 0.230 e. The first-order valence-corrected chi connectivity index (χ1v) is 5.33. The van der Waals surface area contributed by atoms with Crippen LogP contribution in [0.1, 0.15) is 6.92 Å². The largest absolute Gasteiger partial charge is 0.392 e. The number of methoxy groups -OCH3 is 1. The quantitative estimate of drug-likeness (QED) is 0.571. The molecule has 4 nitrogen and oxygen atoms in total. The minimum Gasteiger partial charge on any atom is -0.392 e. The summed E-state index contributed by atoms with van der Waals surface area (Å²) in [6, 6.07) is 0. The van der Waals surface area contributed by atoms with Crippen molar-refractivity contribution in [3.05, 3.63) is 0 Å². The van der Waals surface area contributed by atoms with E-state index < -0.39 is 6.10 Å². The molecule has 0 saturated carbocycles. The smallest absolute Gasteiger partial charge is 0.230 e. The van der Waals surface area contributed by atoms with E-state index in [1.807, 2.05) is 0 Å². The molecule has 0 aromatic rings. The molecule has 78 valence electrons. The zero-order valence-electron chi connectivity index (χ0n) is 8.08. The van der Waals surface area contributed by atoms with Crippen LogP contribution in [0.15, 0.2) is 0 Å². The number of carbonyl (C=O) groups excluding carboxylic acids is 1. The summed E-state index contributed by atoms with van der Waals surface area (Å²) >= 11 is 1.52. The minimum absolute atomic E-state index is 0.0398. The van der Waals surface area contributed by atoms with Gasteiger partial charge in [0.05, 0.1) is 18.5 Å². The molecule has 1 atom stereocenters. The third kappa shape index (κ3) is 9.66. The summed E-state index contributed by atoms with van der Waals surface area (Å²) in [5.41, 5.74) is 0. The molecule has 0 radical (unpaired) electrons. The topological polar surface area (TPSA) is 58.6 Å². The lowest BCUT2D eigenvalue weighted by Crippen LogP contribution is -2.31. The van der Waals surface area contributed by atoms with Gasteiger partial charge in [0, 0.05) is 19.4 Å². The van der Waals surface area contributed by atoms with E-state index in [0.29, 0.717) is 18.9 Å². The Hall–Kier alpha value is -0.260. The molecule has 1 amide bonds. The summed E-state index contributed by atoms with van der Waals surface area (Å²) in [5, 5.41) is 11.5. The van der Waals surface area contributed by atoms with Crippen molar-refractivity contribution in [1.29, 1.82) is 0 Å². The van der Waals surface area contributed by atoms with Crippen LogP contribution in [0.3, 0.4) is 0 Å². The van der Waals surface area contributed by atoms with E-state index in [1.54, 1.807) is 14.0 Å². The fraction of sp³-hybridized carbons (Fsp3) is 0.875. The first kappa shape index (κ1) is 12.7. The van der Waals surface area contributed by atoms with Crippen molar-refractivity contribution < 1.29 is 14.6 Å². The van der Waals surface area contributed by atoms with Crippen molar-refractivity contribution in [2.75, 3.05) is 31.8 Å². The van der Waals surface area contributed by atoms with E-state index in [9.17, 15) is 4.79 Å². The molecule has 0 saturated heterocycles. The highest BCUT2D eigenvalue weighted by molar-refractivity contribution is 7.99. The lowest BCUT2D eigenvalue weighted by Gasteiger charge is -2.06. The van der Waals surface area contributed by atoms with Crippen LogP contribution in [0.25, 0.3) is 0 Å². The van der Waals surface area contributed by atoms with Crippen molar-refractivity contribution in [2.24, 2.45) is 0 Å². The maximum absolute atomic E-state index is 11.0. The molecule has 0 aromatic carbocycles. The van der Waals surface area contributed by atoms with Gasteiger partial charge in [-0.05, 0) is 6.92 Å². The van der Waals surface area contributed by atoms with E-state index in [-0.39, 0.29) is 5.91 Å². The van der Waals surface area contributed by atoms with Gasteiger partial charge in [-0.3, -0.25) is 4.79 Å². The Morgan fingerprint density at radius 3 is 2.92 bits per heavy atom. The molecule has 0 aliphatic carbocycles. The van der Waals surface area contributed by atoms with Gasteiger partial charge in [-0.15, -0.1) is 11.8 Å². The van der Waals surface area contributed by atoms with Crippen molar-refractivity contribution in [1.82, 2.24) is 5.32 Å². The van der Waals surface area contributed by atoms with Gasteiger partial charge in [0.25, 0.3) is 0 Å². The Balaban J connectivity index is 3.20. The second-order valence-corrected chi connectivity index (χ2v) is 3.80. The zero-order chi connectivity index (χ0) is 10.1. The van der Waals surface area contributed by atoms with Gasteiger partial charge in [0.15, 0.2) is 0 Å². The van der Waals surface area contributed by atoms with Gasteiger partial charge in [-0.25, -0.2) is 0 Å². The number of hydrogen-bond acceptors (Lipinski definition) is 4. The first-order chi connectivity index (χ1) is 6.16. The van der Waals surface area contributed by atoms with Crippen LogP contribution in [0.5, 0.6) is 0 Å².